The van der Waals surface area contributed by atoms with Gasteiger partial charge in [-0.1, -0.05) is 44.4 Å². The molecule has 7 heteroatoms. The highest BCUT2D eigenvalue weighted by molar-refractivity contribution is 9.10. The summed E-state index contributed by atoms with van der Waals surface area (Å²) < 4.78 is 12.2. The van der Waals surface area contributed by atoms with Crippen LogP contribution in [-0.2, 0) is 4.79 Å². The standard InChI is InChI=1S/C27H33BrN2O3S/c1-3-15-33-25-22(28)16-19(17-23(25)32-4-2)18-24-26(31)30(21-13-9-6-10-14-21)27(34-24)29-20-11-7-5-8-12-20/h1,16-18,20-21H,4-15H2,2H3. The summed E-state index contributed by atoms with van der Waals surface area (Å²) in [6, 6.07) is 4.44. The topological polar surface area (TPSA) is 51.1 Å². The highest BCUT2D eigenvalue weighted by Gasteiger charge is 2.39. The fourth-order valence-corrected chi connectivity index (χ4v) is 6.63. The first-order valence-corrected chi connectivity index (χ1v) is 14.0. The summed E-state index contributed by atoms with van der Waals surface area (Å²) in [5, 5.41) is 0.896. The van der Waals surface area contributed by atoms with E-state index in [9.17, 15) is 4.79 Å². The van der Waals surface area contributed by atoms with Crippen LogP contribution in [0.4, 0.5) is 0 Å². The molecule has 1 aliphatic heterocycles. The van der Waals surface area contributed by atoms with Gasteiger partial charge in [-0.05, 0) is 84.1 Å². The number of terminal acetylenes is 1. The van der Waals surface area contributed by atoms with Crippen molar-refractivity contribution in [3.05, 3.63) is 27.1 Å². The number of aliphatic imine (C=N–C) groups is 1. The molecule has 0 aromatic heterocycles. The van der Waals surface area contributed by atoms with Crippen LogP contribution in [-0.4, -0.2) is 41.3 Å². The predicted molar refractivity (Wildman–Crippen MR) is 143 cm³/mol. The zero-order chi connectivity index (χ0) is 23.9. The van der Waals surface area contributed by atoms with Crippen molar-refractivity contribution >= 4 is 44.8 Å². The van der Waals surface area contributed by atoms with Crippen molar-refractivity contribution in [3.63, 3.8) is 0 Å². The monoisotopic (exact) mass is 544 g/mol. The summed E-state index contributed by atoms with van der Waals surface area (Å²) in [5.41, 5.74) is 0.877. The van der Waals surface area contributed by atoms with Gasteiger partial charge >= 0.3 is 0 Å². The molecule has 1 heterocycles. The Bertz CT molecular complexity index is 988. The van der Waals surface area contributed by atoms with Crippen LogP contribution in [0.2, 0.25) is 0 Å². The van der Waals surface area contributed by atoms with Gasteiger partial charge in [0.05, 0.1) is 22.0 Å². The highest BCUT2D eigenvalue weighted by Crippen LogP contribution is 2.41. The van der Waals surface area contributed by atoms with Gasteiger partial charge in [0.1, 0.15) is 6.61 Å². The Balaban J connectivity index is 1.65. The Hall–Kier alpha value is -1.91. The summed E-state index contributed by atoms with van der Waals surface area (Å²) in [7, 11) is 0. The molecule has 182 valence electrons. The van der Waals surface area contributed by atoms with Crippen molar-refractivity contribution in [2.24, 2.45) is 4.99 Å². The fourth-order valence-electron chi connectivity index (χ4n) is 4.94. The van der Waals surface area contributed by atoms with E-state index in [1.54, 1.807) is 0 Å². The fraction of sp³-hybridized carbons (Fsp3) is 0.556. The van der Waals surface area contributed by atoms with Crippen molar-refractivity contribution in [1.82, 2.24) is 4.90 Å². The number of rotatable bonds is 7. The largest absolute Gasteiger partial charge is 0.490 e. The Labute approximate surface area is 215 Å². The Morgan fingerprint density at radius 3 is 2.53 bits per heavy atom. The van der Waals surface area contributed by atoms with Crippen LogP contribution in [0.5, 0.6) is 11.5 Å². The molecule has 2 saturated carbocycles. The molecular weight excluding hydrogens is 512 g/mol. The van der Waals surface area contributed by atoms with Crippen LogP contribution in [0.1, 0.15) is 76.7 Å². The van der Waals surface area contributed by atoms with Gasteiger partial charge in [0.15, 0.2) is 16.7 Å². The zero-order valence-electron chi connectivity index (χ0n) is 19.9. The molecule has 5 nitrogen and oxygen atoms in total. The van der Waals surface area contributed by atoms with E-state index in [-0.39, 0.29) is 18.6 Å². The van der Waals surface area contributed by atoms with Gasteiger partial charge < -0.3 is 9.47 Å². The number of benzene rings is 1. The maximum Gasteiger partial charge on any atom is 0.266 e. The molecule has 0 atom stereocenters. The van der Waals surface area contributed by atoms with E-state index in [0.29, 0.717) is 29.1 Å². The van der Waals surface area contributed by atoms with E-state index in [4.69, 9.17) is 20.9 Å². The van der Waals surface area contributed by atoms with Crippen molar-refractivity contribution in [2.75, 3.05) is 13.2 Å². The predicted octanol–water partition coefficient (Wildman–Crippen LogP) is 6.80. The average Bonchev–Trinajstić information content (AvgIpc) is 3.14. The summed E-state index contributed by atoms with van der Waals surface area (Å²) >= 11 is 5.11. The minimum atomic E-state index is 0.0770. The summed E-state index contributed by atoms with van der Waals surface area (Å²) in [4.78, 5) is 21.5. The van der Waals surface area contributed by atoms with E-state index in [0.717, 1.165) is 40.9 Å². The number of hydrogen-bond donors (Lipinski definition) is 0. The van der Waals surface area contributed by atoms with Gasteiger partial charge in [-0.15, -0.1) is 6.42 Å². The molecule has 1 saturated heterocycles. The molecule has 34 heavy (non-hydrogen) atoms. The van der Waals surface area contributed by atoms with E-state index in [2.05, 4.69) is 21.9 Å². The molecule has 4 rings (SSSR count). The number of hydrogen-bond acceptors (Lipinski definition) is 5. The molecule has 0 N–H and O–H groups in total. The van der Waals surface area contributed by atoms with Gasteiger partial charge in [0, 0.05) is 6.04 Å². The minimum Gasteiger partial charge on any atom is -0.490 e. The van der Waals surface area contributed by atoms with Crippen molar-refractivity contribution < 1.29 is 14.3 Å². The number of amides is 1. The Morgan fingerprint density at radius 2 is 1.85 bits per heavy atom. The van der Waals surface area contributed by atoms with E-state index in [1.807, 2.05) is 30.0 Å². The lowest BCUT2D eigenvalue weighted by atomic mass is 9.94. The van der Waals surface area contributed by atoms with Gasteiger partial charge in [-0.25, -0.2) is 0 Å². The van der Waals surface area contributed by atoms with Crippen LogP contribution in [0.15, 0.2) is 26.5 Å². The molecule has 3 fully saturated rings. The molecular formula is C27H33BrN2O3S. The van der Waals surface area contributed by atoms with Gasteiger partial charge in [0.2, 0.25) is 0 Å². The van der Waals surface area contributed by atoms with Crippen molar-refractivity contribution in [1.29, 1.82) is 0 Å². The maximum atomic E-state index is 13.6. The molecule has 0 radical (unpaired) electrons. The number of carbonyl (C=O) groups is 1. The van der Waals surface area contributed by atoms with Crippen molar-refractivity contribution in [3.8, 4) is 23.8 Å². The Morgan fingerprint density at radius 1 is 1.15 bits per heavy atom. The molecule has 1 amide bonds. The third-order valence-corrected chi connectivity index (χ3v) is 8.16. The first-order valence-electron chi connectivity index (χ1n) is 12.4. The second-order valence-electron chi connectivity index (χ2n) is 9.04. The Kier molecular flexibility index (Phi) is 9.02. The first kappa shape index (κ1) is 25.2. The molecule has 1 aromatic carbocycles. The normalized spacial score (nSPS) is 22.4. The van der Waals surface area contributed by atoms with Crippen LogP contribution < -0.4 is 9.47 Å². The minimum absolute atomic E-state index is 0.0770. The van der Waals surface area contributed by atoms with Crippen LogP contribution >= 0.6 is 27.7 Å². The molecule has 2 aliphatic carbocycles. The van der Waals surface area contributed by atoms with E-state index in [1.165, 1.54) is 50.3 Å². The smallest absolute Gasteiger partial charge is 0.266 e. The van der Waals surface area contributed by atoms with Crippen molar-refractivity contribution in [2.45, 2.75) is 83.2 Å². The third-order valence-electron chi connectivity index (χ3n) is 6.57. The molecule has 0 spiro atoms. The van der Waals surface area contributed by atoms with E-state index >= 15 is 0 Å². The van der Waals surface area contributed by atoms with Gasteiger partial charge in [0.25, 0.3) is 5.91 Å². The first-order chi connectivity index (χ1) is 16.6. The number of thioether (sulfide) groups is 1. The average molecular weight is 546 g/mol. The second-order valence-corrected chi connectivity index (χ2v) is 10.9. The lowest BCUT2D eigenvalue weighted by molar-refractivity contribution is -0.124. The van der Waals surface area contributed by atoms with Crippen LogP contribution in [0, 0.1) is 12.3 Å². The van der Waals surface area contributed by atoms with Crippen LogP contribution in [0.25, 0.3) is 6.08 Å². The van der Waals surface area contributed by atoms with Gasteiger partial charge in [-0.3, -0.25) is 14.7 Å². The molecule has 0 unspecified atom stereocenters. The third kappa shape index (κ3) is 6.01. The lowest BCUT2D eigenvalue weighted by Crippen LogP contribution is -2.41. The number of ether oxygens (including phenoxy) is 2. The molecule has 0 bridgehead atoms. The van der Waals surface area contributed by atoms with Gasteiger partial charge in [-0.2, -0.15) is 0 Å². The van der Waals surface area contributed by atoms with Crippen LogP contribution in [0.3, 0.4) is 0 Å². The number of amidine groups is 1. The molecule has 3 aliphatic rings. The maximum absolute atomic E-state index is 13.6. The SMILES string of the molecule is C#CCOc1c(Br)cc(C=C2SC(=NC3CCCCC3)N(C3CCCCC3)C2=O)cc1OCC. The second kappa shape index (κ2) is 12.2. The number of nitrogens with zero attached hydrogens (tertiary/aromatic N) is 2. The lowest BCUT2D eigenvalue weighted by Gasteiger charge is -2.31. The summed E-state index contributed by atoms with van der Waals surface area (Å²) in [5.74, 6) is 3.75. The number of halogens is 1. The summed E-state index contributed by atoms with van der Waals surface area (Å²) in [6.45, 7) is 2.58. The highest BCUT2D eigenvalue weighted by atomic mass is 79.9. The zero-order valence-corrected chi connectivity index (χ0v) is 22.3. The number of carbonyl (C=O) groups excluding carboxylic acids is 1. The molecule has 1 aromatic rings. The summed E-state index contributed by atoms with van der Waals surface area (Å²) in [6.07, 6.45) is 19.1. The quantitative estimate of drug-likeness (QED) is 0.280. The van der Waals surface area contributed by atoms with E-state index < -0.39 is 0 Å².